The van der Waals surface area contributed by atoms with Crippen LogP contribution in [0.2, 0.25) is 0 Å². The average molecular weight is 419 g/mol. The summed E-state index contributed by atoms with van der Waals surface area (Å²) >= 11 is 0. The quantitative estimate of drug-likeness (QED) is 0.805. The molecule has 0 unspecified atom stereocenters. The van der Waals surface area contributed by atoms with Gasteiger partial charge in [0.15, 0.2) is 0 Å². The van der Waals surface area contributed by atoms with E-state index in [0.29, 0.717) is 31.8 Å². The average Bonchev–Trinajstić information content (AvgIpc) is 3.44. The molecule has 2 aliphatic rings. The maximum Gasteiger partial charge on any atom is 0.410 e. The lowest BCUT2D eigenvalue weighted by Gasteiger charge is -2.35. The number of ether oxygens (including phenoxy) is 1. The second-order valence-electron chi connectivity index (χ2n) is 7.54. The molecule has 3 heterocycles. The van der Waals surface area contributed by atoms with Gasteiger partial charge >= 0.3 is 6.09 Å². The lowest BCUT2D eigenvalue weighted by molar-refractivity contribution is 0.0896. The molecule has 0 saturated carbocycles. The van der Waals surface area contributed by atoms with Crippen molar-refractivity contribution in [2.75, 3.05) is 19.6 Å². The predicted molar refractivity (Wildman–Crippen MR) is 107 cm³/mol. The first-order chi connectivity index (χ1) is 14.1. The third kappa shape index (κ3) is 4.30. The fourth-order valence-corrected chi connectivity index (χ4v) is 6.29. The molecule has 0 aliphatic carbocycles. The molecule has 4 rings (SSSR count). The Morgan fingerprint density at radius 3 is 2.72 bits per heavy atom. The van der Waals surface area contributed by atoms with Crippen molar-refractivity contribution in [3.63, 3.8) is 0 Å². The van der Waals surface area contributed by atoms with E-state index in [4.69, 9.17) is 4.74 Å². The monoisotopic (exact) mass is 418 g/mol. The summed E-state index contributed by atoms with van der Waals surface area (Å²) in [6, 6.07) is 9.20. The molecule has 1 aromatic carbocycles. The zero-order chi connectivity index (χ0) is 20.3. The van der Waals surface area contributed by atoms with Crippen molar-refractivity contribution >= 4 is 16.1 Å². The number of aromatic nitrogens is 2. The Balaban J connectivity index is 1.41. The maximum atomic E-state index is 13.3. The van der Waals surface area contributed by atoms with E-state index >= 15 is 0 Å². The summed E-state index contributed by atoms with van der Waals surface area (Å²) in [6.45, 7) is 1.35. The number of hydrogen-bond acceptors (Lipinski definition) is 5. The van der Waals surface area contributed by atoms with Gasteiger partial charge in [-0.2, -0.15) is 4.31 Å². The number of imidazole rings is 1. The summed E-state index contributed by atoms with van der Waals surface area (Å²) in [5, 5.41) is -0.615. The topological polar surface area (TPSA) is 95.6 Å². The molecule has 9 heteroatoms. The minimum Gasteiger partial charge on any atom is -0.445 e. The maximum absolute atomic E-state index is 13.3. The summed E-state index contributed by atoms with van der Waals surface area (Å²) in [6.07, 6.45) is 5.64. The highest BCUT2D eigenvalue weighted by molar-refractivity contribution is 7.89. The van der Waals surface area contributed by atoms with Crippen LogP contribution in [0.4, 0.5) is 4.79 Å². The lowest BCUT2D eigenvalue weighted by Crippen LogP contribution is -2.49. The van der Waals surface area contributed by atoms with Crippen molar-refractivity contribution in [3.05, 3.63) is 54.1 Å². The number of nitrogens with zero attached hydrogens (tertiary/aromatic N) is 3. The molecule has 1 aromatic heterocycles. The number of sulfonamides is 1. The largest absolute Gasteiger partial charge is 0.445 e. The van der Waals surface area contributed by atoms with Gasteiger partial charge in [-0.3, -0.25) is 0 Å². The number of aromatic amines is 1. The van der Waals surface area contributed by atoms with Crippen LogP contribution in [0.1, 0.15) is 43.1 Å². The molecular formula is C20H26N4O4S. The smallest absolute Gasteiger partial charge is 0.410 e. The minimum atomic E-state index is -3.55. The second-order valence-corrected chi connectivity index (χ2v) is 9.70. The van der Waals surface area contributed by atoms with Crippen LogP contribution in [0.15, 0.2) is 42.7 Å². The van der Waals surface area contributed by atoms with Crippen LogP contribution in [-0.2, 0) is 21.4 Å². The van der Waals surface area contributed by atoms with E-state index in [9.17, 15) is 13.2 Å². The molecule has 0 radical (unpaired) electrons. The van der Waals surface area contributed by atoms with Crippen LogP contribution < -0.4 is 0 Å². The lowest BCUT2D eigenvalue weighted by atomic mass is 10.1. The van der Waals surface area contributed by atoms with Gasteiger partial charge in [-0.15, -0.1) is 0 Å². The Hall–Kier alpha value is -2.39. The van der Waals surface area contributed by atoms with Crippen LogP contribution in [0.5, 0.6) is 0 Å². The van der Waals surface area contributed by atoms with Crippen LogP contribution in [0, 0.1) is 0 Å². The van der Waals surface area contributed by atoms with Crippen molar-refractivity contribution in [1.82, 2.24) is 19.2 Å². The number of piperidine rings is 1. The molecule has 2 fully saturated rings. The highest BCUT2D eigenvalue weighted by Crippen LogP contribution is 2.35. The van der Waals surface area contributed by atoms with E-state index in [1.807, 2.05) is 30.3 Å². The number of amides is 1. The number of carbonyl (C=O) groups is 1. The molecule has 0 bridgehead atoms. The Labute approximate surface area is 170 Å². The summed E-state index contributed by atoms with van der Waals surface area (Å²) in [5.74, 6) is 0.681. The van der Waals surface area contributed by atoms with Crippen molar-refractivity contribution in [2.45, 2.75) is 43.6 Å². The van der Waals surface area contributed by atoms with E-state index in [1.54, 1.807) is 16.7 Å². The molecule has 1 N–H and O–H groups in total. The molecule has 2 saturated heterocycles. The van der Waals surface area contributed by atoms with Crippen molar-refractivity contribution in [3.8, 4) is 0 Å². The molecule has 2 aliphatic heterocycles. The van der Waals surface area contributed by atoms with Gasteiger partial charge in [0.1, 0.15) is 12.4 Å². The summed E-state index contributed by atoms with van der Waals surface area (Å²) in [5.41, 5.74) is 0.903. The van der Waals surface area contributed by atoms with Crippen LogP contribution >= 0.6 is 0 Å². The second kappa shape index (κ2) is 8.54. The van der Waals surface area contributed by atoms with Gasteiger partial charge in [0.05, 0.1) is 11.3 Å². The summed E-state index contributed by atoms with van der Waals surface area (Å²) in [4.78, 5) is 21.3. The van der Waals surface area contributed by atoms with E-state index in [0.717, 1.165) is 18.4 Å². The van der Waals surface area contributed by atoms with E-state index in [-0.39, 0.29) is 19.2 Å². The molecule has 156 valence electrons. The molecule has 29 heavy (non-hydrogen) atoms. The third-order valence-electron chi connectivity index (χ3n) is 5.63. The number of benzene rings is 1. The van der Waals surface area contributed by atoms with Crippen molar-refractivity contribution < 1.29 is 17.9 Å². The normalized spacial score (nSPS) is 23.2. The van der Waals surface area contributed by atoms with Gasteiger partial charge in [-0.1, -0.05) is 30.3 Å². The first-order valence-electron chi connectivity index (χ1n) is 10.0. The standard InChI is InChI=1S/C20H26N4O4S/c25-20(28-15-16-6-2-1-3-7-16)23-12-4-8-17(14-23)29(26,27)24-13-5-9-18(24)19-21-10-11-22-19/h1-3,6-7,10-11,17-18H,4-5,8-9,12-15H2,(H,21,22)/t17-,18+/m0/s1. The molecule has 1 amide bonds. The molecular weight excluding hydrogens is 392 g/mol. The fraction of sp³-hybridized carbons (Fsp3) is 0.500. The van der Waals surface area contributed by atoms with Crippen LogP contribution in [-0.4, -0.2) is 58.6 Å². The van der Waals surface area contributed by atoms with Crippen LogP contribution in [0.3, 0.4) is 0 Å². The zero-order valence-electron chi connectivity index (χ0n) is 16.2. The Kier molecular flexibility index (Phi) is 5.86. The number of hydrogen-bond donors (Lipinski definition) is 1. The molecule has 2 atom stereocenters. The Morgan fingerprint density at radius 1 is 1.17 bits per heavy atom. The number of H-pyrrole nitrogens is 1. The van der Waals surface area contributed by atoms with Gasteiger partial charge in [-0.05, 0) is 31.2 Å². The third-order valence-corrected chi connectivity index (χ3v) is 7.95. The first-order valence-corrected chi connectivity index (χ1v) is 11.5. The summed E-state index contributed by atoms with van der Waals surface area (Å²) in [7, 11) is -3.55. The first kappa shape index (κ1) is 19.9. The minimum absolute atomic E-state index is 0.164. The fourth-order valence-electron chi connectivity index (χ4n) is 4.13. The van der Waals surface area contributed by atoms with Crippen molar-refractivity contribution in [1.29, 1.82) is 0 Å². The zero-order valence-corrected chi connectivity index (χ0v) is 17.1. The molecule has 2 aromatic rings. The van der Waals surface area contributed by atoms with Gasteiger partial charge in [0, 0.05) is 32.0 Å². The van der Waals surface area contributed by atoms with Gasteiger partial charge in [0.25, 0.3) is 0 Å². The molecule has 0 spiro atoms. The number of rotatable bonds is 5. The Morgan fingerprint density at radius 2 is 1.97 bits per heavy atom. The number of likely N-dealkylation sites (tertiary alicyclic amines) is 1. The van der Waals surface area contributed by atoms with E-state index in [2.05, 4.69) is 9.97 Å². The SMILES string of the molecule is O=C(OCc1ccccc1)N1CCC[C@H](S(=O)(=O)N2CCC[C@@H]2c2ncc[nH]2)C1. The van der Waals surface area contributed by atoms with Gasteiger partial charge in [0.2, 0.25) is 10.0 Å². The van der Waals surface area contributed by atoms with Crippen LogP contribution in [0.25, 0.3) is 0 Å². The highest BCUT2D eigenvalue weighted by Gasteiger charge is 2.43. The number of carbonyl (C=O) groups excluding carboxylic acids is 1. The molecule has 8 nitrogen and oxygen atoms in total. The van der Waals surface area contributed by atoms with E-state index in [1.165, 1.54) is 4.90 Å². The van der Waals surface area contributed by atoms with E-state index < -0.39 is 21.4 Å². The summed E-state index contributed by atoms with van der Waals surface area (Å²) < 4.78 is 33.7. The van der Waals surface area contributed by atoms with Crippen molar-refractivity contribution in [2.24, 2.45) is 0 Å². The predicted octanol–water partition coefficient (Wildman–Crippen LogP) is 2.68. The van der Waals surface area contributed by atoms with Gasteiger partial charge in [-0.25, -0.2) is 18.2 Å². The Bertz CT molecular complexity index is 917. The van der Waals surface area contributed by atoms with Gasteiger partial charge < -0.3 is 14.6 Å². The highest BCUT2D eigenvalue weighted by atomic mass is 32.2. The number of nitrogens with one attached hydrogen (secondary N) is 1.